The molecular weight excluding hydrogens is 283 g/mol. The molecule has 0 heterocycles. The van der Waals surface area contributed by atoms with E-state index in [9.17, 15) is 10.2 Å². The number of hydrogen-bond donors (Lipinski definition) is 4. The molecule has 0 bridgehead atoms. The lowest BCUT2D eigenvalue weighted by atomic mass is 10.1. The van der Waals surface area contributed by atoms with Crippen LogP contribution in [0.15, 0.2) is 0 Å². The van der Waals surface area contributed by atoms with Gasteiger partial charge in [-0.3, -0.25) is 9.68 Å². The summed E-state index contributed by atoms with van der Waals surface area (Å²) in [6.45, 7) is 4.08. The molecule has 0 aromatic rings. The molecule has 0 aliphatic carbocycles. The molecule has 4 N–H and O–H groups in total. The number of halogens is 2. The Morgan fingerprint density at radius 2 is 1.50 bits per heavy atom. The van der Waals surface area contributed by atoms with Gasteiger partial charge in [0.2, 0.25) is 0 Å². The van der Waals surface area contributed by atoms with Crippen molar-refractivity contribution in [3.63, 3.8) is 0 Å². The van der Waals surface area contributed by atoms with Crippen molar-refractivity contribution in [2.24, 2.45) is 0 Å². The summed E-state index contributed by atoms with van der Waals surface area (Å²) < 4.78 is 0. The highest BCUT2D eigenvalue weighted by molar-refractivity contribution is 6.18. The van der Waals surface area contributed by atoms with Crippen LogP contribution in [0.5, 0.6) is 0 Å². The van der Waals surface area contributed by atoms with Crippen LogP contribution in [0.3, 0.4) is 0 Å². The van der Waals surface area contributed by atoms with Crippen LogP contribution >= 0.6 is 23.2 Å². The number of aliphatic hydroxyl groups is 2. The monoisotopic (exact) mass is 304 g/mol. The van der Waals surface area contributed by atoms with Crippen LogP contribution < -0.4 is 11.0 Å². The molecule has 0 aromatic heterocycles. The van der Waals surface area contributed by atoms with Crippen LogP contribution in [0.1, 0.15) is 13.8 Å². The SMILES string of the molecule is C[C@@H](O)[C@@H](O)[C@H](ONCCCl)[C@@H](C)ONCCCl. The molecule has 6 nitrogen and oxygen atoms in total. The minimum atomic E-state index is -1.08. The first-order valence-electron chi connectivity index (χ1n) is 5.79. The van der Waals surface area contributed by atoms with Gasteiger partial charge in [0, 0.05) is 24.8 Å². The van der Waals surface area contributed by atoms with Gasteiger partial charge in [0.1, 0.15) is 18.3 Å². The normalized spacial score (nSPS) is 18.3. The van der Waals surface area contributed by atoms with Gasteiger partial charge in [-0.1, -0.05) is 0 Å². The zero-order valence-electron chi connectivity index (χ0n) is 10.6. The lowest BCUT2D eigenvalue weighted by Gasteiger charge is -2.29. The van der Waals surface area contributed by atoms with E-state index in [1.807, 2.05) is 0 Å². The number of alkyl halides is 2. The number of rotatable bonds is 11. The second kappa shape index (κ2) is 11.2. The van der Waals surface area contributed by atoms with E-state index in [1.165, 1.54) is 6.92 Å². The summed E-state index contributed by atoms with van der Waals surface area (Å²) in [6.07, 6.45) is -3.25. The molecule has 0 aliphatic rings. The lowest BCUT2D eigenvalue weighted by Crippen LogP contribution is -2.49. The Labute approximate surface area is 117 Å². The highest BCUT2D eigenvalue weighted by Gasteiger charge is 2.31. The minimum absolute atomic E-state index is 0.372. The van der Waals surface area contributed by atoms with E-state index in [1.54, 1.807) is 6.92 Å². The van der Waals surface area contributed by atoms with Gasteiger partial charge in [-0.2, -0.15) is 0 Å². The van der Waals surface area contributed by atoms with Crippen LogP contribution in [0.2, 0.25) is 0 Å². The van der Waals surface area contributed by atoms with Crippen LogP contribution in [0.25, 0.3) is 0 Å². The maximum Gasteiger partial charge on any atom is 0.135 e. The average molecular weight is 305 g/mol. The van der Waals surface area contributed by atoms with Crippen molar-refractivity contribution in [3.05, 3.63) is 0 Å². The highest BCUT2D eigenvalue weighted by Crippen LogP contribution is 2.10. The first-order chi connectivity index (χ1) is 8.54. The molecule has 0 aliphatic heterocycles. The maximum absolute atomic E-state index is 9.83. The first kappa shape index (κ1) is 18.3. The predicted molar refractivity (Wildman–Crippen MR) is 70.6 cm³/mol. The van der Waals surface area contributed by atoms with E-state index >= 15 is 0 Å². The van der Waals surface area contributed by atoms with Crippen molar-refractivity contribution >= 4 is 23.2 Å². The van der Waals surface area contributed by atoms with Gasteiger partial charge in [-0.05, 0) is 13.8 Å². The van der Waals surface area contributed by atoms with Crippen LogP contribution in [-0.4, -0.2) is 59.5 Å². The van der Waals surface area contributed by atoms with E-state index in [0.29, 0.717) is 24.8 Å². The Morgan fingerprint density at radius 3 is 1.94 bits per heavy atom. The molecule has 18 heavy (non-hydrogen) atoms. The average Bonchev–Trinajstić information content (AvgIpc) is 2.34. The Kier molecular flexibility index (Phi) is 11.4. The van der Waals surface area contributed by atoms with Gasteiger partial charge in [0.05, 0.1) is 6.10 Å². The third-order valence-corrected chi connectivity index (χ3v) is 2.55. The number of nitrogens with one attached hydrogen (secondary N) is 2. The number of hydrogen-bond acceptors (Lipinski definition) is 6. The van der Waals surface area contributed by atoms with Gasteiger partial charge in [-0.25, -0.2) is 11.0 Å². The molecule has 0 fully saturated rings. The molecule has 4 atom stereocenters. The predicted octanol–water partition coefficient (Wildman–Crippen LogP) is 0.00520. The van der Waals surface area contributed by atoms with Gasteiger partial charge < -0.3 is 10.2 Å². The Bertz CT molecular complexity index is 201. The second-order valence-electron chi connectivity index (χ2n) is 3.80. The number of hydroxylamine groups is 2. The number of aliphatic hydroxyl groups excluding tert-OH is 2. The quantitative estimate of drug-likeness (QED) is 0.244. The van der Waals surface area contributed by atoms with Crippen LogP contribution in [-0.2, 0) is 9.68 Å². The lowest BCUT2D eigenvalue weighted by molar-refractivity contribution is -0.182. The van der Waals surface area contributed by atoms with Crippen molar-refractivity contribution in [1.82, 2.24) is 11.0 Å². The molecule has 0 saturated heterocycles. The molecule has 110 valence electrons. The Hall–Kier alpha value is 0.340. The van der Waals surface area contributed by atoms with Gasteiger partial charge in [0.15, 0.2) is 0 Å². The molecule has 8 heteroatoms. The third-order valence-electron chi connectivity index (χ3n) is 2.18. The summed E-state index contributed by atoms with van der Waals surface area (Å²) in [6, 6.07) is 0. The van der Waals surface area contributed by atoms with Gasteiger partial charge >= 0.3 is 0 Å². The first-order valence-corrected chi connectivity index (χ1v) is 6.86. The van der Waals surface area contributed by atoms with Crippen molar-refractivity contribution in [1.29, 1.82) is 0 Å². The molecule has 0 spiro atoms. The van der Waals surface area contributed by atoms with Crippen molar-refractivity contribution in [2.75, 3.05) is 24.8 Å². The fourth-order valence-electron chi connectivity index (χ4n) is 1.21. The zero-order valence-corrected chi connectivity index (χ0v) is 12.1. The smallest absolute Gasteiger partial charge is 0.135 e. The van der Waals surface area contributed by atoms with Crippen LogP contribution in [0.4, 0.5) is 0 Å². The summed E-state index contributed by atoms with van der Waals surface area (Å²) in [4.78, 5) is 10.5. The van der Waals surface area contributed by atoms with Crippen molar-refractivity contribution in [2.45, 2.75) is 38.3 Å². The molecule has 0 amide bonds. The standard InChI is InChI=1S/C10H22Cl2N2O4/c1-7(15)9(16)10(18-14-6-4-12)8(2)17-13-5-3-11/h7-10,13-16H,3-6H2,1-2H3/t7-,8-,9-,10-/m1/s1. The summed E-state index contributed by atoms with van der Waals surface area (Å²) in [5, 5.41) is 19.2. The summed E-state index contributed by atoms with van der Waals surface area (Å²) in [7, 11) is 0. The Morgan fingerprint density at radius 1 is 1.00 bits per heavy atom. The molecule has 0 radical (unpaired) electrons. The summed E-state index contributed by atoms with van der Waals surface area (Å²) in [5.74, 6) is 0.777. The van der Waals surface area contributed by atoms with E-state index in [0.717, 1.165) is 0 Å². The third kappa shape index (κ3) is 7.70. The van der Waals surface area contributed by atoms with E-state index in [-0.39, 0.29) is 0 Å². The van der Waals surface area contributed by atoms with Crippen molar-refractivity contribution in [3.8, 4) is 0 Å². The van der Waals surface area contributed by atoms with Crippen LogP contribution in [0, 0.1) is 0 Å². The molecular formula is C10H22Cl2N2O4. The van der Waals surface area contributed by atoms with Crippen molar-refractivity contribution < 1.29 is 19.9 Å². The molecule has 0 unspecified atom stereocenters. The highest BCUT2D eigenvalue weighted by atomic mass is 35.5. The maximum atomic E-state index is 9.83. The van der Waals surface area contributed by atoms with Gasteiger partial charge in [-0.15, -0.1) is 23.2 Å². The molecule has 0 aromatic carbocycles. The fraction of sp³-hybridized carbons (Fsp3) is 1.00. The zero-order chi connectivity index (χ0) is 14.0. The van der Waals surface area contributed by atoms with Gasteiger partial charge in [0.25, 0.3) is 0 Å². The minimum Gasteiger partial charge on any atom is -0.391 e. The molecule has 0 saturated carbocycles. The summed E-state index contributed by atoms with van der Waals surface area (Å²) >= 11 is 11.0. The molecule has 0 rings (SSSR count). The van der Waals surface area contributed by atoms with E-state index in [4.69, 9.17) is 32.9 Å². The second-order valence-corrected chi connectivity index (χ2v) is 4.56. The largest absolute Gasteiger partial charge is 0.391 e. The van der Waals surface area contributed by atoms with E-state index in [2.05, 4.69) is 11.0 Å². The summed E-state index contributed by atoms with van der Waals surface area (Å²) in [5.41, 5.74) is 5.25. The Balaban J connectivity index is 4.24. The van der Waals surface area contributed by atoms with E-state index < -0.39 is 24.4 Å². The fourth-order valence-corrected chi connectivity index (χ4v) is 1.36. The topological polar surface area (TPSA) is 83.0 Å².